The molecule has 3 nitrogen and oxygen atoms in total. The van der Waals surface area contributed by atoms with Crippen LogP contribution in [0.25, 0.3) is 0 Å². The molecule has 1 aromatic rings. The standard InChI is InChI=1S/C12H16N2O/c1-15-12-8-4-3-7-11(12)14-10-6-2-5-9-13/h3-4,7-8,14H,2,5-6,10H2,1H3. The number of unbranched alkanes of at least 4 members (excludes halogenated alkanes) is 2. The van der Waals surface area contributed by atoms with Gasteiger partial charge in [-0.25, -0.2) is 0 Å². The summed E-state index contributed by atoms with van der Waals surface area (Å²) in [5.74, 6) is 0.859. The number of nitriles is 1. The van der Waals surface area contributed by atoms with Gasteiger partial charge in [-0.15, -0.1) is 0 Å². The van der Waals surface area contributed by atoms with E-state index in [9.17, 15) is 0 Å². The third-order valence-electron chi connectivity index (χ3n) is 2.14. The molecule has 0 aliphatic carbocycles. The Labute approximate surface area is 90.7 Å². The Bertz CT molecular complexity index is 331. The molecule has 0 bridgehead atoms. The topological polar surface area (TPSA) is 45.0 Å². The summed E-state index contributed by atoms with van der Waals surface area (Å²) in [6.07, 6.45) is 2.58. The third kappa shape index (κ3) is 3.90. The van der Waals surface area contributed by atoms with Crippen LogP contribution >= 0.6 is 0 Å². The Morgan fingerprint density at radius 3 is 2.87 bits per heavy atom. The highest BCUT2D eigenvalue weighted by molar-refractivity contribution is 5.55. The highest BCUT2D eigenvalue weighted by atomic mass is 16.5. The lowest BCUT2D eigenvalue weighted by Crippen LogP contribution is -2.02. The van der Waals surface area contributed by atoms with E-state index in [1.165, 1.54) is 0 Å². The molecular formula is C12H16N2O. The number of para-hydroxylation sites is 2. The van der Waals surface area contributed by atoms with Gasteiger partial charge in [0, 0.05) is 13.0 Å². The van der Waals surface area contributed by atoms with E-state index < -0.39 is 0 Å². The van der Waals surface area contributed by atoms with Crippen molar-refractivity contribution in [2.24, 2.45) is 0 Å². The molecule has 0 aliphatic rings. The van der Waals surface area contributed by atoms with Crippen LogP contribution in [0.1, 0.15) is 19.3 Å². The summed E-state index contributed by atoms with van der Waals surface area (Å²) < 4.78 is 5.21. The lowest BCUT2D eigenvalue weighted by atomic mass is 10.2. The van der Waals surface area contributed by atoms with Crippen LogP contribution in [0.5, 0.6) is 5.75 Å². The monoisotopic (exact) mass is 204 g/mol. The van der Waals surface area contributed by atoms with Crippen LogP contribution in [0.4, 0.5) is 5.69 Å². The molecule has 15 heavy (non-hydrogen) atoms. The van der Waals surface area contributed by atoms with E-state index in [0.29, 0.717) is 6.42 Å². The number of nitrogens with one attached hydrogen (secondary N) is 1. The second-order valence-electron chi connectivity index (χ2n) is 3.24. The van der Waals surface area contributed by atoms with Crippen molar-refractivity contribution in [3.8, 4) is 11.8 Å². The molecule has 0 saturated carbocycles. The number of benzene rings is 1. The van der Waals surface area contributed by atoms with Gasteiger partial charge in [0.2, 0.25) is 0 Å². The molecular weight excluding hydrogens is 188 g/mol. The quantitative estimate of drug-likeness (QED) is 0.725. The number of rotatable bonds is 6. The SMILES string of the molecule is COc1ccccc1NCCCCC#N. The second kappa shape index (κ2) is 6.72. The van der Waals surface area contributed by atoms with Gasteiger partial charge in [0.15, 0.2) is 0 Å². The fourth-order valence-corrected chi connectivity index (χ4v) is 1.34. The Morgan fingerprint density at radius 2 is 2.13 bits per heavy atom. The molecule has 3 heteroatoms. The van der Waals surface area contributed by atoms with Crippen molar-refractivity contribution in [3.63, 3.8) is 0 Å². The van der Waals surface area contributed by atoms with Crippen molar-refractivity contribution in [2.75, 3.05) is 19.0 Å². The van der Waals surface area contributed by atoms with Crippen molar-refractivity contribution in [2.45, 2.75) is 19.3 Å². The zero-order valence-corrected chi connectivity index (χ0v) is 8.99. The lowest BCUT2D eigenvalue weighted by molar-refractivity contribution is 0.416. The summed E-state index contributed by atoms with van der Waals surface area (Å²) >= 11 is 0. The van der Waals surface area contributed by atoms with E-state index >= 15 is 0 Å². The molecule has 0 heterocycles. The van der Waals surface area contributed by atoms with Gasteiger partial charge in [-0.1, -0.05) is 12.1 Å². The fraction of sp³-hybridized carbons (Fsp3) is 0.417. The number of anilines is 1. The van der Waals surface area contributed by atoms with E-state index in [1.54, 1.807) is 7.11 Å². The predicted octanol–water partition coefficient (Wildman–Crippen LogP) is 2.80. The first kappa shape index (κ1) is 11.4. The highest BCUT2D eigenvalue weighted by Crippen LogP contribution is 2.22. The number of ether oxygens (including phenoxy) is 1. The van der Waals surface area contributed by atoms with Gasteiger partial charge in [0.1, 0.15) is 5.75 Å². The van der Waals surface area contributed by atoms with Crippen molar-refractivity contribution in [1.82, 2.24) is 0 Å². The average molecular weight is 204 g/mol. The molecule has 0 unspecified atom stereocenters. The average Bonchev–Trinajstić information content (AvgIpc) is 2.29. The summed E-state index contributed by atoms with van der Waals surface area (Å²) in [5, 5.41) is 11.7. The van der Waals surface area contributed by atoms with E-state index in [0.717, 1.165) is 30.8 Å². The molecule has 0 spiro atoms. The van der Waals surface area contributed by atoms with Gasteiger partial charge in [0.25, 0.3) is 0 Å². The molecule has 0 atom stereocenters. The maximum absolute atomic E-state index is 8.37. The van der Waals surface area contributed by atoms with Crippen LogP contribution in [0.3, 0.4) is 0 Å². The summed E-state index contributed by atoms with van der Waals surface area (Å²) in [4.78, 5) is 0. The molecule has 0 saturated heterocycles. The van der Waals surface area contributed by atoms with Gasteiger partial charge in [-0.3, -0.25) is 0 Å². The Balaban J connectivity index is 2.34. The molecule has 0 radical (unpaired) electrons. The van der Waals surface area contributed by atoms with Gasteiger partial charge in [-0.05, 0) is 25.0 Å². The van der Waals surface area contributed by atoms with E-state index in [2.05, 4.69) is 11.4 Å². The molecule has 1 rings (SSSR count). The normalized spacial score (nSPS) is 9.33. The molecule has 1 N–H and O–H groups in total. The first-order chi connectivity index (χ1) is 7.38. The molecule has 0 aromatic heterocycles. The van der Waals surface area contributed by atoms with E-state index in [4.69, 9.17) is 10.00 Å². The van der Waals surface area contributed by atoms with Crippen LogP contribution < -0.4 is 10.1 Å². The van der Waals surface area contributed by atoms with Crippen LogP contribution in [0.2, 0.25) is 0 Å². The zero-order chi connectivity index (χ0) is 10.9. The lowest BCUT2D eigenvalue weighted by Gasteiger charge is -2.09. The first-order valence-corrected chi connectivity index (χ1v) is 5.12. The number of nitrogens with zero attached hydrogens (tertiary/aromatic N) is 1. The van der Waals surface area contributed by atoms with Gasteiger partial charge in [0.05, 0.1) is 18.9 Å². The van der Waals surface area contributed by atoms with Crippen molar-refractivity contribution in [1.29, 1.82) is 5.26 Å². The van der Waals surface area contributed by atoms with Crippen LogP contribution in [-0.2, 0) is 0 Å². The van der Waals surface area contributed by atoms with Gasteiger partial charge < -0.3 is 10.1 Å². The summed E-state index contributed by atoms with van der Waals surface area (Å²) in [6.45, 7) is 0.877. The van der Waals surface area contributed by atoms with Gasteiger partial charge in [-0.2, -0.15) is 5.26 Å². The Morgan fingerprint density at radius 1 is 1.33 bits per heavy atom. The number of hydrogen-bond acceptors (Lipinski definition) is 3. The fourth-order valence-electron chi connectivity index (χ4n) is 1.34. The van der Waals surface area contributed by atoms with Crippen molar-refractivity contribution >= 4 is 5.69 Å². The first-order valence-electron chi connectivity index (χ1n) is 5.12. The molecule has 0 amide bonds. The predicted molar refractivity (Wildman–Crippen MR) is 60.9 cm³/mol. The minimum atomic E-state index is 0.633. The van der Waals surface area contributed by atoms with Crippen LogP contribution in [-0.4, -0.2) is 13.7 Å². The van der Waals surface area contributed by atoms with E-state index in [1.807, 2.05) is 24.3 Å². The van der Waals surface area contributed by atoms with Crippen LogP contribution in [0.15, 0.2) is 24.3 Å². The van der Waals surface area contributed by atoms with E-state index in [-0.39, 0.29) is 0 Å². The summed E-state index contributed by atoms with van der Waals surface area (Å²) in [7, 11) is 1.66. The van der Waals surface area contributed by atoms with Crippen LogP contribution in [0, 0.1) is 11.3 Å². The minimum Gasteiger partial charge on any atom is -0.495 e. The third-order valence-corrected chi connectivity index (χ3v) is 2.14. The zero-order valence-electron chi connectivity index (χ0n) is 8.99. The highest BCUT2D eigenvalue weighted by Gasteiger charge is 1.99. The second-order valence-corrected chi connectivity index (χ2v) is 3.24. The molecule has 0 fully saturated rings. The Hall–Kier alpha value is -1.69. The largest absolute Gasteiger partial charge is 0.495 e. The molecule has 80 valence electrons. The maximum Gasteiger partial charge on any atom is 0.141 e. The summed E-state index contributed by atoms with van der Waals surface area (Å²) in [5.41, 5.74) is 1.01. The van der Waals surface area contributed by atoms with Crippen molar-refractivity contribution < 1.29 is 4.74 Å². The Kier molecular flexibility index (Phi) is 5.10. The summed E-state index contributed by atoms with van der Waals surface area (Å²) in [6, 6.07) is 9.97. The molecule has 0 aliphatic heterocycles. The van der Waals surface area contributed by atoms with Crippen molar-refractivity contribution in [3.05, 3.63) is 24.3 Å². The number of hydrogen-bond donors (Lipinski definition) is 1. The molecule has 1 aromatic carbocycles. The number of methoxy groups -OCH3 is 1. The maximum atomic E-state index is 8.37. The smallest absolute Gasteiger partial charge is 0.141 e. The minimum absolute atomic E-state index is 0.633. The van der Waals surface area contributed by atoms with Gasteiger partial charge >= 0.3 is 0 Å².